The van der Waals surface area contributed by atoms with E-state index in [1.165, 1.54) is 25.3 Å². The molecule has 0 radical (unpaired) electrons. The van der Waals surface area contributed by atoms with E-state index in [9.17, 15) is 13.4 Å². The van der Waals surface area contributed by atoms with Crippen LogP contribution in [0.25, 0.3) is 0 Å². The van der Waals surface area contributed by atoms with Crippen LogP contribution in [0.5, 0.6) is 5.75 Å². The summed E-state index contributed by atoms with van der Waals surface area (Å²) in [5.41, 5.74) is 1.91. The standard InChI is InChI=1S/C21H24FN3O4S/c1-29-19-14-17(23-30(27)28)6-7-18(19)20(26)24-10-12-25(13-11-24)21(8-9-21)15-2-4-16(22)5-3-15/h2-7,14,23H,8-13H2,1H3,(H,27,28). The SMILES string of the molecule is COc1cc(NS(=O)O)ccc1C(=O)N1CCN(C2(c3ccc(F)cc3)CC2)CC1. The van der Waals surface area contributed by atoms with Gasteiger partial charge in [-0.15, -0.1) is 0 Å². The van der Waals surface area contributed by atoms with Crippen LogP contribution in [0.15, 0.2) is 42.5 Å². The van der Waals surface area contributed by atoms with E-state index in [0.717, 1.165) is 31.5 Å². The second-order valence-corrected chi connectivity index (χ2v) is 8.29. The molecule has 1 heterocycles. The molecule has 1 aliphatic heterocycles. The minimum Gasteiger partial charge on any atom is -0.496 e. The van der Waals surface area contributed by atoms with E-state index in [2.05, 4.69) is 9.62 Å². The minimum absolute atomic E-state index is 0.0339. The average molecular weight is 434 g/mol. The zero-order valence-corrected chi connectivity index (χ0v) is 17.5. The number of ether oxygens (including phenoxy) is 1. The van der Waals surface area contributed by atoms with Crippen molar-refractivity contribution in [1.82, 2.24) is 9.80 Å². The maximum Gasteiger partial charge on any atom is 0.259 e. The van der Waals surface area contributed by atoms with Gasteiger partial charge in [0, 0.05) is 37.8 Å². The van der Waals surface area contributed by atoms with Crippen molar-refractivity contribution in [3.05, 3.63) is 59.4 Å². The molecule has 160 valence electrons. The Bertz CT molecular complexity index is 957. The van der Waals surface area contributed by atoms with Gasteiger partial charge in [-0.2, -0.15) is 0 Å². The van der Waals surface area contributed by atoms with Gasteiger partial charge in [0.25, 0.3) is 17.2 Å². The Hall–Kier alpha value is -2.49. The molecule has 4 rings (SSSR count). The predicted octanol–water partition coefficient (Wildman–Crippen LogP) is 2.83. The van der Waals surface area contributed by atoms with Crippen LogP contribution in [0, 0.1) is 5.82 Å². The van der Waals surface area contributed by atoms with Gasteiger partial charge in [0.1, 0.15) is 11.6 Å². The lowest BCUT2D eigenvalue weighted by molar-refractivity contribution is 0.0528. The molecular formula is C21H24FN3O4S. The molecule has 2 N–H and O–H groups in total. The first-order valence-electron chi connectivity index (χ1n) is 9.79. The molecule has 0 aromatic heterocycles. The summed E-state index contributed by atoms with van der Waals surface area (Å²) in [5, 5.41) is 0. The number of anilines is 1. The van der Waals surface area contributed by atoms with Crippen molar-refractivity contribution < 1.29 is 22.7 Å². The molecule has 2 fully saturated rings. The molecule has 1 aliphatic carbocycles. The normalized spacial score (nSPS) is 19.2. The highest BCUT2D eigenvalue weighted by Crippen LogP contribution is 2.51. The van der Waals surface area contributed by atoms with Gasteiger partial charge in [0.2, 0.25) is 0 Å². The average Bonchev–Trinajstić information content (AvgIpc) is 3.55. The lowest BCUT2D eigenvalue weighted by Crippen LogP contribution is -2.52. The van der Waals surface area contributed by atoms with Gasteiger partial charge in [0.15, 0.2) is 0 Å². The van der Waals surface area contributed by atoms with Crippen LogP contribution in [0.4, 0.5) is 10.1 Å². The molecule has 30 heavy (non-hydrogen) atoms. The first-order chi connectivity index (χ1) is 14.4. The molecule has 1 atom stereocenters. The maximum atomic E-state index is 13.3. The first kappa shape index (κ1) is 20.8. The quantitative estimate of drug-likeness (QED) is 0.685. The lowest BCUT2D eigenvalue weighted by Gasteiger charge is -2.40. The molecule has 1 unspecified atom stereocenters. The van der Waals surface area contributed by atoms with E-state index in [1.807, 2.05) is 12.1 Å². The number of benzene rings is 2. The molecule has 0 bridgehead atoms. The van der Waals surface area contributed by atoms with Gasteiger partial charge in [-0.1, -0.05) is 12.1 Å². The van der Waals surface area contributed by atoms with Crippen LogP contribution in [0.1, 0.15) is 28.8 Å². The smallest absolute Gasteiger partial charge is 0.259 e. The Morgan fingerprint density at radius 3 is 2.37 bits per heavy atom. The van der Waals surface area contributed by atoms with Crippen molar-refractivity contribution in [2.75, 3.05) is 38.0 Å². The Morgan fingerprint density at radius 2 is 1.80 bits per heavy atom. The molecule has 2 aliphatic rings. The summed E-state index contributed by atoms with van der Waals surface area (Å²) in [6.07, 6.45) is 2.09. The summed E-state index contributed by atoms with van der Waals surface area (Å²) in [6.45, 7) is 2.67. The second kappa shape index (κ2) is 8.33. The van der Waals surface area contributed by atoms with Gasteiger partial charge in [-0.25, -0.2) is 8.60 Å². The third-order valence-corrected chi connectivity index (χ3v) is 6.32. The van der Waals surface area contributed by atoms with Gasteiger partial charge in [-0.3, -0.25) is 19.0 Å². The highest BCUT2D eigenvalue weighted by Gasteiger charge is 2.50. The van der Waals surface area contributed by atoms with Gasteiger partial charge >= 0.3 is 0 Å². The summed E-state index contributed by atoms with van der Waals surface area (Å²) >= 11 is -2.20. The number of nitrogens with zero attached hydrogens (tertiary/aromatic N) is 2. The summed E-state index contributed by atoms with van der Waals surface area (Å²) in [7, 11) is 1.46. The number of amides is 1. The van der Waals surface area contributed by atoms with Crippen molar-refractivity contribution in [3.63, 3.8) is 0 Å². The molecular weight excluding hydrogens is 409 g/mol. The van der Waals surface area contributed by atoms with Crippen molar-refractivity contribution in [3.8, 4) is 5.75 Å². The Labute approximate surface area is 177 Å². The predicted molar refractivity (Wildman–Crippen MR) is 112 cm³/mol. The van der Waals surface area contributed by atoms with Gasteiger partial charge < -0.3 is 9.64 Å². The van der Waals surface area contributed by atoms with Gasteiger partial charge in [0.05, 0.1) is 18.4 Å². The number of methoxy groups -OCH3 is 1. The van der Waals surface area contributed by atoms with Gasteiger partial charge in [-0.05, 0) is 42.7 Å². The number of rotatable bonds is 6. The topological polar surface area (TPSA) is 82.1 Å². The van der Waals surface area contributed by atoms with Crippen LogP contribution in [-0.4, -0.2) is 57.8 Å². The van der Waals surface area contributed by atoms with E-state index >= 15 is 0 Å². The second-order valence-electron chi connectivity index (χ2n) is 7.58. The number of carbonyl (C=O) groups is 1. The number of carbonyl (C=O) groups excluding carboxylic acids is 1. The first-order valence-corrected chi connectivity index (χ1v) is 10.9. The summed E-state index contributed by atoms with van der Waals surface area (Å²) < 4.78 is 40.9. The zero-order chi connectivity index (χ0) is 21.3. The monoisotopic (exact) mass is 433 g/mol. The van der Waals surface area contributed by atoms with Crippen LogP contribution in [0.3, 0.4) is 0 Å². The summed E-state index contributed by atoms with van der Waals surface area (Å²) in [4.78, 5) is 17.2. The molecule has 2 aromatic carbocycles. The molecule has 2 aromatic rings. The van der Waals surface area contributed by atoms with E-state index in [-0.39, 0.29) is 17.3 Å². The fraction of sp³-hybridized carbons (Fsp3) is 0.381. The number of nitrogens with one attached hydrogen (secondary N) is 1. The Balaban J connectivity index is 1.43. The minimum atomic E-state index is -2.20. The summed E-state index contributed by atoms with van der Waals surface area (Å²) in [5.74, 6) is -0.0111. The maximum absolute atomic E-state index is 13.3. The third-order valence-electron chi connectivity index (χ3n) is 5.91. The zero-order valence-electron chi connectivity index (χ0n) is 16.6. The number of piperazine rings is 1. The Morgan fingerprint density at radius 1 is 1.13 bits per heavy atom. The highest BCUT2D eigenvalue weighted by atomic mass is 32.2. The van der Waals surface area contributed by atoms with Crippen LogP contribution in [-0.2, 0) is 16.8 Å². The summed E-state index contributed by atoms with van der Waals surface area (Å²) in [6, 6.07) is 11.4. The molecule has 1 saturated heterocycles. The fourth-order valence-corrected chi connectivity index (χ4v) is 4.53. The van der Waals surface area contributed by atoms with Crippen molar-refractivity contribution >= 4 is 22.9 Å². The van der Waals surface area contributed by atoms with E-state index in [4.69, 9.17) is 9.29 Å². The Kier molecular flexibility index (Phi) is 5.77. The third kappa shape index (κ3) is 4.05. The number of halogens is 1. The molecule has 9 heteroatoms. The van der Waals surface area contributed by atoms with Crippen molar-refractivity contribution in [2.24, 2.45) is 0 Å². The van der Waals surface area contributed by atoms with Crippen LogP contribution < -0.4 is 9.46 Å². The molecule has 1 saturated carbocycles. The largest absolute Gasteiger partial charge is 0.496 e. The molecule has 1 amide bonds. The highest BCUT2D eigenvalue weighted by molar-refractivity contribution is 7.80. The van der Waals surface area contributed by atoms with E-state index < -0.39 is 11.3 Å². The number of hydrogen-bond donors (Lipinski definition) is 2. The van der Waals surface area contributed by atoms with Crippen LogP contribution in [0.2, 0.25) is 0 Å². The number of hydrogen-bond acceptors (Lipinski definition) is 4. The molecule has 0 spiro atoms. The van der Waals surface area contributed by atoms with Crippen molar-refractivity contribution in [2.45, 2.75) is 18.4 Å². The lowest BCUT2D eigenvalue weighted by atomic mass is 10.0. The fourth-order valence-electron chi connectivity index (χ4n) is 4.21. The van der Waals surface area contributed by atoms with Crippen LogP contribution >= 0.6 is 0 Å². The van der Waals surface area contributed by atoms with E-state index in [1.54, 1.807) is 17.0 Å². The van der Waals surface area contributed by atoms with Crippen molar-refractivity contribution in [1.29, 1.82) is 0 Å². The molecule has 7 nitrogen and oxygen atoms in total. The van der Waals surface area contributed by atoms with E-state index in [0.29, 0.717) is 30.1 Å².